The highest BCUT2D eigenvalue weighted by Crippen LogP contribution is 2.57. The maximum Gasteiger partial charge on any atom is 0.0978 e. The number of thiophene rings is 1. The van der Waals surface area contributed by atoms with E-state index in [1.165, 1.54) is 10.4 Å². The Morgan fingerprint density at radius 1 is 1.05 bits per heavy atom. The lowest BCUT2D eigenvalue weighted by Crippen LogP contribution is -2.17. The third-order valence-corrected chi connectivity index (χ3v) is 5.86. The van der Waals surface area contributed by atoms with Gasteiger partial charge >= 0.3 is 0 Å². The molecule has 0 amide bonds. The van der Waals surface area contributed by atoms with Crippen LogP contribution in [0.2, 0.25) is 0 Å². The Balaban J connectivity index is 1.90. The first kappa shape index (κ1) is 13.8. The van der Waals surface area contributed by atoms with Gasteiger partial charge in [0.25, 0.3) is 0 Å². The second kappa shape index (κ2) is 4.71. The van der Waals surface area contributed by atoms with Crippen molar-refractivity contribution in [1.82, 2.24) is 0 Å². The van der Waals surface area contributed by atoms with Gasteiger partial charge in [-0.05, 0) is 36.0 Å². The van der Waals surface area contributed by atoms with Crippen LogP contribution in [-0.2, 0) is 10.8 Å². The summed E-state index contributed by atoms with van der Waals surface area (Å²) in [5.74, 6) is 0. The van der Waals surface area contributed by atoms with Gasteiger partial charge in [0.05, 0.1) is 6.10 Å². The molecule has 106 valence electrons. The molecule has 1 saturated carbocycles. The lowest BCUT2D eigenvalue weighted by atomic mass is 9.89. The first-order valence-corrected chi connectivity index (χ1v) is 8.09. The summed E-state index contributed by atoms with van der Waals surface area (Å²) < 4.78 is 0. The molecule has 3 rings (SSSR count). The van der Waals surface area contributed by atoms with Crippen LogP contribution in [0.5, 0.6) is 0 Å². The van der Waals surface area contributed by atoms with Gasteiger partial charge < -0.3 is 5.11 Å². The van der Waals surface area contributed by atoms with Gasteiger partial charge in [0.1, 0.15) is 0 Å². The molecule has 0 bridgehead atoms. The van der Waals surface area contributed by atoms with Gasteiger partial charge in [0.2, 0.25) is 0 Å². The van der Waals surface area contributed by atoms with E-state index in [1.807, 2.05) is 6.07 Å². The van der Waals surface area contributed by atoms with E-state index in [-0.39, 0.29) is 16.9 Å². The second-order valence-electron chi connectivity index (χ2n) is 6.88. The third-order valence-electron chi connectivity index (χ3n) is 4.30. The fourth-order valence-corrected chi connectivity index (χ4v) is 3.97. The quantitative estimate of drug-likeness (QED) is 0.858. The van der Waals surface area contributed by atoms with Crippen LogP contribution >= 0.6 is 11.3 Å². The largest absolute Gasteiger partial charge is 0.387 e. The van der Waals surface area contributed by atoms with Crippen molar-refractivity contribution in [2.75, 3.05) is 0 Å². The van der Waals surface area contributed by atoms with Crippen molar-refractivity contribution in [2.45, 2.75) is 50.5 Å². The van der Waals surface area contributed by atoms with Crippen LogP contribution < -0.4 is 0 Å². The summed E-state index contributed by atoms with van der Waals surface area (Å²) in [5.41, 5.74) is 1.39. The number of hydrogen-bond donors (Lipinski definition) is 1. The molecule has 0 aliphatic heterocycles. The molecule has 0 spiro atoms. The Bertz CT molecular complexity index is 587. The Kier molecular flexibility index (Phi) is 3.26. The van der Waals surface area contributed by atoms with Gasteiger partial charge in [-0.1, -0.05) is 51.1 Å². The maximum absolute atomic E-state index is 10.9. The van der Waals surface area contributed by atoms with Gasteiger partial charge in [0, 0.05) is 15.2 Å². The van der Waals surface area contributed by atoms with Gasteiger partial charge in [-0.15, -0.1) is 11.3 Å². The molecular weight excluding hydrogens is 264 g/mol. The van der Waals surface area contributed by atoms with Gasteiger partial charge in [0.15, 0.2) is 0 Å². The summed E-state index contributed by atoms with van der Waals surface area (Å²) >= 11 is 1.76. The van der Waals surface area contributed by atoms with E-state index in [9.17, 15) is 5.11 Å². The van der Waals surface area contributed by atoms with Crippen LogP contribution in [0, 0.1) is 0 Å². The Hall–Kier alpha value is -1.12. The highest BCUT2D eigenvalue weighted by atomic mass is 32.1. The summed E-state index contributed by atoms with van der Waals surface area (Å²) in [6.45, 7) is 6.66. The molecule has 0 saturated heterocycles. The Morgan fingerprint density at radius 2 is 1.70 bits per heavy atom. The maximum atomic E-state index is 10.9. The van der Waals surface area contributed by atoms with E-state index in [1.54, 1.807) is 11.3 Å². The van der Waals surface area contributed by atoms with Crippen LogP contribution in [0.3, 0.4) is 0 Å². The predicted octanol–water partition coefficient (Wildman–Crippen LogP) is 4.81. The fourth-order valence-electron chi connectivity index (χ4n) is 2.80. The Morgan fingerprint density at radius 3 is 2.20 bits per heavy atom. The average molecular weight is 286 g/mol. The molecule has 1 N–H and O–H groups in total. The molecule has 1 fully saturated rings. The van der Waals surface area contributed by atoms with Crippen LogP contribution in [0.25, 0.3) is 0 Å². The Labute approximate surface area is 125 Å². The minimum Gasteiger partial charge on any atom is -0.387 e. The van der Waals surface area contributed by atoms with E-state index in [2.05, 4.69) is 57.2 Å². The molecule has 1 aromatic heterocycles. The summed E-state index contributed by atoms with van der Waals surface area (Å²) in [6, 6.07) is 14.7. The lowest BCUT2D eigenvalue weighted by Gasteiger charge is -2.22. The number of aliphatic hydroxyl groups is 1. The number of hydrogen-bond acceptors (Lipinski definition) is 2. The van der Waals surface area contributed by atoms with E-state index in [0.717, 1.165) is 17.7 Å². The van der Waals surface area contributed by atoms with Crippen LogP contribution in [0.15, 0.2) is 42.5 Å². The fraction of sp³-hybridized carbons (Fsp3) is 0.444. The van der Waals surface area contributed by atoms with Crippen molar-refractivity contribution in [1.29, 1.82) is 0 Å². The SMILES string of the molecule is CC(C)(C)c1ccc(C(O)C2(c3ccccc3)CC2)s1. The second-order valence-corrected chi connectivity index (χ2v) is 7.99. The summed E-state index contributed by atoms with van der Waals surface area (Å²) in [6.07, 6.45) is 1.80. The van der Waals surface area contributed by atoms with E-state index in [0.29, 0.717) is 0 Å². The highest BCUT2D eigenvalue weighted by Gasteiger charge is 2.51. The zero-order valence-electron chi connectivity index (χ0n) is 12.4. The average Bonchev–Trinajstić information content (AvgIpc) is 3.07. The number of aliphatic hydroxyl groups excluding tert-OH is 1. The first-order chi connectivity index (χ1) is 9.43. The van der Waals surface area contributed by atoms with Crippen LogP contribution in [0.1, 0.15) is 55.0 Å². The van der Waals surface area contributed by atoms with E-state index < -0.39 is 0 Å². The molecule has 2 heteroatoms. The van der Waals surface area contributed by atoms with E-state index in [4.69, 9.17) is 0 Å². The molecule has 1 aromatic carbocycles. The number of rotatable bonds is 3. The normalized spacial score (nSPS) is 18.8. The predicted molar refractivity (Wildman–Crippen MR) is 85.3 cm³/mol. The number of benzene rings is 1. The molecule has 1 aliphatic rings. The lowest BCUT2D eigenvalue weighted by molar-refractivity contribution is 0.136. The molecule has 1 atom stereocenters. The van der Waals surface area contributed by atoms with Gasteiger partial charge in [-0.3, -0.25) is 0 Å². The molecule has 20 heavy (non-hydrogen) atoms. The smallest absolute Gasteiger partial charge is 0.0978 e. The molecule has 2 aromatic rings. The highest BCUT2D eigenvalue weighted by molar-refractivity contribution is 7.12. The van der Waals surface area contributed by atoms with Crippen molar-refractivity contribution >= 4 is 11.3 Å². The van der Waals surface area contributed by atoms with Crippen molar-refractivity contribution in [3.8, 4) is 0 Å². The van der Waals surface area contributed by atoms with Crippen LogP contribution in [0.4, 0.5) is 0 Å². The summed E-state index contributed by atoms with van der Waals surface area (Å²) in [5, 5.41) is 10.9. The zero-order valence-corrected chi connectivity index (χ0v) is 13.2. The molecule has 1 unspecified atom stereocenters. The molecule has 1 heterocycles. The van der Waals surface area contributed by atoms with Crippen molar-refractivity contribution in [3.63, 3.8) is 0 Å². The third kappa shape index (κ3) is 2.32. The minimum absolute atomic E-state index is 0.0404. The molecular formula is C18H22OS. The van der Waals surface area contributed by atoms with Crippen LogP contribution in [-0.4, -0.2) is 5.11 Å². The van der Waals surface area contributed by atoms with Gasteiger partial charge in [-0.25, -0.2) is 0 Å². The molecule has 1 nitrogen and oxygen atoms in total. The topological polar surface area (TPSA) is 20.2 Å². The molecule has 0 radical (unpaired) electrons. The van der Waals surface area contributed by atoms with E-state index >= 15 is 0 Å². The minimum atomic E-state index is -0.369. The van der Waals surface area contributed by atoms with Crippen molar-refractivity contribution in [2.24, 2.45) is 0 Å². The van der Waals surface area contributed by atoms with Crippen molar-refractivity contribution < 1.29 is 5.11 Å². The monoisotopic (exact) mass is 286 g/mol. The summed E-state index contributed by atoms with van der Waals surface area (Å²) in [4.78, 5) is 2.45. The molecule has 1 aliphatic carbocycles. The van der Waals surface area contributed by atoms with Gasteiger partial charge in [-0.2, -0.15) is 0 Å². The van der Waals surface area contributed by atoms with Crippen molar-refractivity contribution in [3.05, 3.63) is 57.8 Å². The first-order valence-electron chi connectivity index (χ1n) is 7.27. The zero-order chi connectivity index (χ0) is 14.4. The summed E-state index contributed by atoms with van der Waals surface area (Å²) in [7, 11) is 0. The standard InChI is InChI=1S/C18H22OS/c1-17(2,3)15-10-9-14(20-15)16(19)18(11-12-18)13-7-5-4-6-8-13/h4-10,16,19H,11-12H2,1-3H3.